The molecule has 0 aliphatic carbocycles. The maximum Gasteiger partial charge on any atom is 0.472 e. The topological polar surface area (TPSA) is 108 Å². The number of hydrogen-bond donors (Lipinski definition) is 1. The van der Waals surface area contributed by atoms with Crippen LogP contribution >= 0.6 is 7.82 Å². The van der Waals surface area contributed by atoms with Gasteiger partial charge in [-0.15, -0.1) is 0 Å². The molecule has 1 N–H and O–H groups in total. The highest BCUT2D eigenvalue weighted by Gasteiger charge is 2.27. The molecule has 2 atom stereocenters. The first-order chi connectivity index (χ1) is 41.0. The van der Waals surface area contributed by atoms with Crippen molar-refractivity contribution in [1.82, 2.24) is 0 Å². The van der Waals surface area contributed by atoms with Crippen LogP contribution in [-0.4, -0.2) is 74.9 Å². The molecular formula is C74H127NO8P+. The molecule has 0 saturated carbocycles. The minimum Gasteiger partial charge on any atom is -0.462 e. The monoisotopic (exact) mass is 1190 g/mol. The lowest BCUT2D eigenvalue weighted by atomic mass is 10.0. The molecule has 0 saturated heterocycles. The average molecular weight is 1190 g/mol. The quantitative estimate of drug-likeness (QED) is 0.0211. The van der Waals surface area contributed by atoms with Gasteiger partial charge in [0.1, 0.15) is 19.8 Å². The summed E-state index contributed by atoms with van der Waals surface area (Å²) in [5, 5.41) is 0. The average Bonchev–Trinajstić information content (AvgIpc) is 3.60. The molecule has 2 unspecified atom stereocenters. The first-order valence-electron chi connectivity index (χ1n) is 33.9. The van der Waals surface area contributed by atoms with E-state index in [2.05, 4.69) is 148 Å². The van der Waals surface area contributed by atoms with Crippen molar-refractivity contribution >= 4 is 19.8 Å². The second-order valence-corrected chi connectivity index (χ2v) is 24.9. The number of ether oxygens (including phenoxy) is 2. The molecule has 0 aliphatic heterocycles. The maximum absolute atomic E-state index is 12.9. The third kappa shape index (κ3) is 67.3. The summed E-state index contributed by atoms with van der Waals surface area (Å²) in [6, 6.07) is 0. The number of phosphoric ester groups is 1. The van der Waals surface area contributed by atoms with Gasteiger partial charge >= 0.3 is 19.8 Å². The summed E-state index contributed by atoms with van der Waals surface area (Å²) < 4.78 is 34.7. The Labute approximate surface area is 517 Å². The number of esters is 2. The lowest BCUT2D eigenvalue weighted by Gasteiger charge is -2.24. The zero-order chi connectivity index (χ0) is 61.2. The molecule has 10 heteroatoms. The Kier molecular flexibility index (Phi) is 60.7. The van der Waals surface area contributed by atoms with E-state index in [-0.39, 0.29) is 32.0 Å². The van der Waals surface area contributed by atoms with Crippen molar-refractivity contribution in [3.05, 3.63) is 134 Å². The maximum atomic E-state index is 12.9. The van der Waals surface area contributed by atoms with E-state index in [1.807, 2.05) is 21.1 Å². The zero-order valence-electron chi connectivity index (χ0n) is 54.6. The summed E-state index contributed by atoms with van der Waals surface area (Å²) in [5.74, 6) is -0.814. The minimum atomic E-state index is -4.40. The van der Waals surface area contributed by atoms with Gasteiger partial charge in [-0.05, 0) is 109 Å². The van der Waals surface area contributed by atoms with Crippen LogP contribution in [0.4, 0.5) is 0 Å². The molecule has 0 amide bonds. The fourth-order valence-electron chi connectivity index (χ4n) is 9.05. The molecule has 0 aromatic carbocycles. The third-order valence-electron chi connectivity index (χ3n) is 14.2. The number of hydrogen-bond acceptors (Lipinski definition) is 7. The van der Waals surface area contributed by atoms with Crippen molar-refractivity contribution in [3.63, 3.8) is 0 Å². The van der Waals surface area contributed by atoms with E-state index >= 15 is 0 Å². The highest BCUT2D eigenvalue weighted by Crippen LogP contribution is 2.43. The van der Waals surface area contributed by atoms with E-state index < -0.39 is 26.5 Å². The van der Waals surface area contributed by atoms with Crippen molar-refractivity contribution in [3.8, 4) is 0 Å². The number of carbonyl (C=O) groups excluding carboxylic acids is 2. The van der Waals surface area contributed by atoms with Crippen molar-refractivity contribution < 1.29 is 42.1 Å². The molecule has 0 aliphatic rings. The number of unbranched alkanes of at least 4 members (excludes halogenated alkanes) is 25. The van der Waals surface area contributed by atoms with Gasteiger partial charge in [0.25, 0.3) is 0 Å². The molecular weight excluding hydrogens is 1060 g/mol. The van der Waals surface area contributed by atoms with Gasteiger partial charge < -0.3 is 18.9 Å². The van der Waals surface area contributed by atoms with Crippen LogP contribution in [0.5, 0.6) is 0 Å². The minimum absolute atomic E-state index is 0.0231. The lowest BCUT2D eigenvalue weighted by Crippen LogP contribution is -2.37. The zero-order valence-corrected chi connectivity index (χ0v) is 55.5. The van der Waals surface area contributed by atoms with Crippen molar-refractivity contribution in [2.45, 2.75) is 277 Å². The summed E-state index contributed by atoms with van der Waals surface area (Å²) in [5.41, 5.74) is 0. The summed E-state index contributed by atoms with van der Waals surface area (Å²) >= 11 is 0. The number of likely N-dealkylation sites (N-methyl/N-ethyl adjacent to an activating group) is 1. The van der Waals surface area contributed by atoms with Crippen LogP contribution in [0.15, 0.2) is 134 Å². The van der Waals surface area contributed by atoms with Crippen LogP contribution in [0, 0.1) is 0 Å². The van der Waals surface area contributed by atoms with Gasteiger partial charge in [0.15, 0.2) is 6.10 Å². The third-order valence-corrected chi connectivity index (χ3v) is 15.2. The number of allylic oxidation sites excluding steroid dienone is 22. The van der Waals surface area contributed by atoms with Crippen LogP contribution in [0.25, 0.3) is 0 Å². The second-order valence-electron chi connectivity index (χ2n) is 23.4. The Balaban J connectivity index is 4.07. The first-order valence-corrected chi connectivity index (χ1v) is 35.4. The highest BCUT2D eigenvalue weighted by molar-refractivity contribution is 7.47. The van der Waals surface area contributed by atoms with Crippen LogP contribution in [-0.2, 0) is 32.7 Å². The summed E-state index contributed by atoms with van der Waals surface area (Å²) in [4.78, 5) is 35.8. The Morgan fingerprint density at radius 3 is 0.952 bits per heavy atom. The van der Waals surface area contributed by atoms with Gasteiger partial charge in [-0.2, -0.15) is 0 Å². The smallest absolute Gasteiger partial charge is 0.462 e. The molecule has 84 heavy (non-hydrogen) atoms. The van der Waals surface area contributed by atoms with E-state index in [1.54, 1.807) is 0 Å². The van der Waals surface area contributed by atoms with Crippen LogP contribution in [0.3, 0.4) is 0 Å². The molecule has 0 radical (unpaired) electrons. The summed E-state index contributed by atoms with van der Waals surface area (Å²) in [7, 11) is 1.46. The Morgan fingerprint density at radius 2 is 0.643 bits per heavy atom. The molecule has 0 aromatic heterocycles. The van der Waals surface area contributed by atoms with Gasteiger partial charge in [0.05, 0.1) is 27.7 Å². The molecule has 0 fully saturated rings. The Hall–Kier alpha value is -3.85. The number of nitrogens with zero attached hydrogens (tertiary/aromatic N) is 1. The molecule has 0 heterocycles. The number of quaternary nitrogens is 1. The molecule has 480 valence electrons. The molecule has 0 spiro atoms. The summed E-state index contributed by atoms with van der Waals surface area (Å²) in [6.07, 6.45) is 92.6. The van der Waals surface area contributed by atoms with E-state index in [0.29, 0.717) is 17.4 Å². The van der Waals surface area contributed by atoms with E-state index in [9.17, 15) is 19.0 Å². The molecule has 0 rings (SSSR count). The molecule has 0 bridgehead atoms. The van der Waals surface area contributed by atoms with Crippen molar-refractivity contribution in [1.29, 1.82) is 0 Å². The SMILES string of the molecule is CC/C=C\C/C=C\C/C=C\C/C=C\C/C=C\C/C=C\CCCCCCCCC(=O)OC(COC(=O)CCCCCCCCCCCCCCCCCCCCC/C=C\C/C=C\C/C=C\C/C=C\C/C=C\CC)COP(=O)(O)OCC[N+](C)(C)C. The number of rotatable bonds is 61. The first kappa shape index (κ1) is 80.2. The van der Waals surface area contributed by atoms with Crippen molar-refractivity contribution in [2.75, 3.05) is 47.5 Å². The van der Waals surface area contributed by atoms with Crippen LogP contribution in [0.2, 0.25) is 0 Å². The predicted molar refractivity (Wildman–Crippen MR) is 362 cm³/mol. The van der Waals surface area contributed by atoms with Crippen LogP contribution in [0.1, 0.15) is 271 Å². The Morgan fingerprint density at radius 1 is 0.369 bits per heavy atom. The van der Waals surface area contributed by atoms with E-state index in [0.717, 1.165) is 128 Å². The second kappa shape index (κ2) is 63.6. The normalized spacial score (nSPS) is 14.0. The molecule has 9 nitrogen and oxygen atoms in total. The lowest BCUT2D eigenvalue weighted by molar-refractivity contribution is -0.870. The standard InChI is InChI=1S/C74H126NO8P/c1-6-8-10-12-14-16-18-20-22-24-26-28-30-32-33-34-35-36-37-38-39-40-41-43-44-46-48-50-52-54-56-58-60-62-64-66-73(76)80-70-72(71-82-84(78,79)81-69-68-75(3,4)5)83-74(77)67-65-63-61-59-57-55-53-51-49-47-45-42-31-29-27-25-23-21-19-17-15-13-11-9-7-2/h8-11,14-17,20-23,26-29,32-33,42,45,49,51,72H,6-7,12-13,18-19,24-25,30-31,34-41,43-44,46-48,50,52-71H2,1-5H3/p+1/b10-8-,11-9-,16-14-,17-15-,22-20-,23-21-,28-26-,29-27-,33-32-,45-42-,51-49-. The van der Waals surface area contributed by atoms with E-state index in [4.69, 9.17) is 18.5 Å². The van der Waals surface area contributed by atoms with Gasteiger partial charge in [0.2, 0.25) is 0 Å². The van der Waals surface area contributed by atoms with Gasteiger partial charge in [-0.25, -0.2) is 4.57 Å². The highest BCUT2D eigenvalue weighted by atomic mass is 31.2. The van der Waals surface area contributed by atoms with Gasteiger partial charge in [-0.3, -0.25) is 18.6 Å². The fraction of sp³-hybridized carbons (Fsp3) is 0.676. The van der Waals surface area contributed by atoms with Gasteiger partial charge in [0, 0.05) is 12.8 Å². The van der Waals surface area contributed by atoms with Gasteiger partial charge in [-0.1, -0.05) is 282 Å². The largest absolute Gasteiger partial charge is 0.472 e. The fourth-order valence-corrected chi connectivity index (χ4v) is 9.79. The Bertz CT molecular complexity index is 1880. The predicted octanol–water partition coefficient (Wildman–Crippen LogP) is 22.0. The van der Waals surface area contributed by atoms with E-state index in [1.165, 1.54) is 109 Å². The number of phosphoric acid groups is 1. The summed E-state index contributed by atoms with van der Waals surface area (Å²) in [6.45, 7) is 4.20. The van der Waals surface area contributed by atoms with Crippen molar-refractivity contribution in [2.24, 2.45) is 0 Å². The molecule has 0 aromatic rings. The van der Waals surface area contributed by atoms with Crippen LogP contribution < -0.4 is 0 Å². The number of carbonyl (C=O) groups is 2.